The number of halogens is 1. The van der Waals surface area contributed by atoms with Crippen molar-refractivity contribution < 1.29 is 0 Å². The van der Waals surface area contributed by atoms with Crippen LogP contribution in [0.1, 0.15) is 31.2 Å². The molecule has 1 aromatic carbocycles. The van der Waals surface area contributed by atoms with Crippen LogP contribution >= 0.6 is 24.0 Å². The summed E-state index contributed by atoms with van der Waals surface area (Å²) in [7, 11) is 1.83. The molecule has 2 N–H and O–H groups in total. The summed E-state index contributed by atoms with van der Waals surface area (Å²) in [5, 5.41) is 15.1. The highest BCUT2D eigenvalue weighted by molar-refractivity contribution is 14.0. The van der Waals surface area contributed by atoms with E-state index in [1.54, 1.807) is 6.33 Å². The first-order valence-corrected chi connectivity index (χ1v) is 9.88. The Balaban J connectivity index is 0.00000280. The average molecular weight is 497 g/mol. The number of aryl methyl sites for hydroxylation is 1. The van der Waals surface area contributed by atoms with Gasteiger partial charge in [0.1, 0.15) is 12.2 Å². The summed E-state index contributed by atoms with van der Waals surface area (Å²) in [5.41, 5.74) is 1.38. The zero-order chi connectivity index (χ0) is 18.9. The molecule has 1 aliphatic heterocycles. The Hall–Kier alpha value is -1.68. The van der Waals surface area contributed by atoms with E-state index < -0.39 is 0 Å². The van der Waals surface area contributed by atoms with E-state index in [9.17, 15) is 0 Å². The lowest BCUT2D eigenvalue weighted by Gasteiger charge is -2.34. The number of aromatic nitrogens is 3. The second kappa shape index (κ2) is 12.0. The average Bonchev–Trinajstić information content (AvgIpc) is 3.16. The number of nitrogens with zero attached hydrogens (tertiary/aromatic N) is 5. The summed E-state index contributed by atoms with van der Waals surface area (Å²) in [4.78, 5) is 6.91. The number of benzene rings is 1. The summed E-state index contributed by atoms with van der Waals surface area (Å²) in [6.45, 7) is 6.94. The van der Waals surface area contributed by atoms with Gasteiger partial charge in [-0.2, -0.15) is 0 Å². The standard InChI is InChI=1S/C20H31N7.HI/c1-3-19-25-23-16-27(19)13-11-22-20(21-2)24-18-10-7-12-26(15-18)14-17-8-5-4-6-9-17;/h4-6,8-9,16,18H,3,7,10-15H2,1-2H3,(H2,21,22,24);1H. The van der Waals surface area contributed by atoms with Crippen LogP contribution in [0, 0.1) is 0 Å². The minimum atomic E-state index is 0. The van der Waals surface area contributed by atoms with E-state index in [0.29, 0.717) is 6.04 Å². The summed E-state index contributed by atoms with van der Waals surface area (Å²) < 4.78 is 2.09. The van der Waals surface area contributed by atoms with Crippen LogP contribution in [0.5, 0.6) is 0 Å². The number of hydrogen-bond acceptors (Lipinski definition) is 4. The van der Waals surface area contributed by atoms with Crippen molar-refractivity contribution in [2.24, 2.45) is 4.99 Å². The molecule has 8 heteroatoms. The molecule has 0 bridgehead atoms. The second-order valence-corrected chi connectivity index (χ2v) is 7.00. The van der Waals surface area contributed by atoms with Crippen LogP contribution in [0.3, 0.4) is 0 Å². The third-order valence-electron chi connectivity index (χ3n) is 4.98. The van der Waals surface area contributed by atoms with Crippen LogP contribution in [-0.2, 0) is 19.5 Å². The van der Waals surface area contributed by atoms with Crippen LogP contribution in [0.25, 0.3) is 0 Å². The number of aliphatic imine (C=N–C) groups is 1. The molecular formula is C20H32IN7. The molecule has 1 unspecified atom stereocenters. The molecule has 2 heterocycles. The second-order valence-electron chi connectivity index (χ2n) is 7.00. The zero-order valence-electron chi connectivity index (χ0n) is 16.8. The van der Waals surface area contributed by atoms with E-state index in [2.05, 4.69) is 72.5 Å². The van der Waals surface area contributed by atoms with Crippen molar-refractivity contribution in [2.75, 3.05) is 26.7 Å². The Labute approximate surface area is 185 Å². The molecule has 0 spiro atoms. The fourth-order valence-electron chi connectivity index (χ4n) is 3.58. The number of likely N-dealkylation sites (tertiary alicyclic amines) is 1. The molecule has 7 nitrogen and oxygen atoms in total. The van der Waals surface area contributed by atoms with Gasteiger partial charge in [-0.15, -0.1) is 34.2 Å². The minimum Gasteiger partial charge on any atom is -0.355 e. The number of piperidine rings is 1. The largest absolute Gasteiger partial charge is 0.355 e. The van der Waals surface area contributed by atoms with Crippen LogP contribution in [0.4, 0.5) is 0 Å². The molecule has 0 amide bonds. The lowest BCUT2D eigenvalue weighted by atomic mass is 10.0. The highest BCUT2D eigenvalue weighted by atomic mass is 127. The fraction of sp³-hybridized carbons (Fsp3) is 0.550. The SMILES string of the molecule is CCc1nncn1CCNC(=NC)NC1CCCN(Cc2ccccc2)C1.I. The number of hydrogen-bond donors (Lipinski definition) is 2. The maximum absolute atomic E-state index is 4.39. The lowest BCUT2D eigenvalue weighted by Crippen LogP contribution is -2.51. The Morgan fingerprint density at radius 2 is 2.11 bits per heavy atom. The molecule has 1 aliphatic rings. The Morgan fingerprint density at radius 3 is 2.86 bits per heavy atom. The quantitative estimate of drug-likeness (QED) is 0.349. The topological polar surface area (TPSA) is 70.4 Å². The summed E-state index contributed by atoms with van der Waals surface area (Å²) in [5.74, 6) is 1.89. The van der Waals surface area contributed by atoms with E-state index in [-0.39, 0.29) is 24.0 Å². The molecule has 3 rings (SSSR count). The van der Waals surface area contributed by atoms with Crippen molar-refractivity contribution >= 4 is 29.9 Å². The van der Waals surface area contributed by atoms with Gasteiger partial charge in [0.25, 0.3) is 0 Å². The first-order valence-electron chi connectivity index (χ1n) is 9.88. The van der Waals surface area contributed by atoms with Crippen molar-refractivity contribution in [2.45, 2.75) is 45.3 Å². The molecular weight excluding hydrogens is 465 g/mol. The number of guanidine groups is 1. The lowest BCUT2D eigenvalue weighted by molar-refractivity contribution is 0.192. The van der Waals surface area contributed by atoms with Gasteiger partial charge in [0.2, 0.25) is 0 Å². The van der Waals surface area contributed by atoms with E-state index in [4.69, 9.17) is 0 Å². The highest BCUT2D eigenvalue weighted by Gasteiger charge is 2.20. The third kappa shape index (κ3) is 6.73. The summed E-state index contributed by atoms with van der Waals surface area (Å²) >= 11 is 0. The summed E-state index contributed by atoms with van der Waals surface area (Å²) in [6, 6.07) is 11.1. The molecule has 1 aromatic heterocycles. The van der Waals surface area contributed by atoms with Gasteiger partial charge >= 0.3 is 0 Å². The van der Waals surface area contributed by atoms with E-state index in [1.165, 1.54) is 18.4 Å². The Kier molecular flexibility index (Phi) is 9.69. The fourth-order valence-corrected chi connectivity index (χ4v) is 3.58. The summed E-state index contributed by atoms with van der Waals surface area (Å²) in [6.07, 6.45) is 5.07. The van der Waals surface area contributed by atoms with Gasteiger partial charge in [-0.3, -0.25) is 9.89 Å². The van der Waals surface area contributed by atoms with Gasteiger partial charge in [0.05, 0.1) is 0 Å². The van der Waals surface area contributed by atoms with Crippen LogP contribution in [-0.4, -0.2) is 58.3 Å². The number of rotatable bonds is 7. The van der Waals surface area contributed by atoms with E-state index in [1.807, 2.05) is 7.05 Å². The van der Waals surface area contributed by atoms with Crippen LogP contribution < -0.4 is 10.6 Å². The molecule has 154 valence electrons. The van der Waals surface area contributed by atoms with E-state index in [0.717, 1.165) is 50.9 Å². The molecule has 0 aliphatic carbocycles. The number of nitrogens with one attached hydrogen (secondary N) is 2. The molecule has 1 fully saturated rings. The van der Waals surface area contributed by atoms with Gasteiger partial charge in [-0.1, -0.05) is 37.3 Å². The third-order valence-corrected chi connectivity index (χ3v) is 4.98. The Morgan fingerprint density at radius 1 is 1.29 bits per heavy atom. The molecule has 28 heavy (non-hydrogen) atoms. The monoisotopic (exact) mass is 497 g/mol. The first-order chi connectivity index (χ1) is 13.3. The van der Waals surface area contributed by atoms with Crippen molar-refractivity contribution in [3.63, 3.8) is 0 Å². The van der Waals surface area contributed by atoms with Crippen LogP contribution in [0.2, 0.25) is 0 Å². The van der Waals surface area contributed by atoms with Crippen molar-refractivity contribution in [3.8, 4) is 0 Å². The maximum Gasteiger partial charge on any atom is 0.191 e. The van der Waals surface area contributed by atoms with Gasteiger partial charge in [-0.25, -0.2) is 0 Å². The van der Waals surface area contributed by atoms with Crippen molar-refractivity contribution in [3.05, 3.63) is 48.0 Å². The molecule has 1 saturated heterocycles. The van der Waals surface area contributed by atoms with Gasteiger partial charge in [-0.05, 0) is 24.9 Å². The van der Waals surface area contributed by atoms with E-state index >= 15 is 0 Å². The first kappa shape index (κ1) is 22.6. The molecule has 1 atom stereocenters. The zero-order valence-corrected chi connectivity index (χ0v) is 19.2. The van der Waals surface area contributed by atoms with Gasteiger partial charge in [0, 0.05) is 45.7 Å². The maximum atomic E-state index is 4.39. The highest BCUT2D eigenvalue weighted by Crippen LogP contribution is 2.13. The Bertz CT molecular complexity index is 716. The van der Waals surface area contributed by atoms with Crippen molar-refractivity contribution in [1.29, 1.82) is 0 Å². The molecule has 2 aromatic rings. The molecule has 0 radical (unpaired) electrons. The van der Waals surface area contributed by atoms with Gasteiger partial charge in [0.15, 0.2) is 5.96 Å². The normalized spacial score (nSPS) is 17.8. The molecule has 0 saturated carbocycles. The predicted octanol–water partition coefficient (Wildman–Crippen LogP) is 2.29. The van der Waals surface area contributed by atoms with Crippen molar-refractivity contribution in [1.82, 2.24) is 30.3 Å². The predicted molar refractivity (Wildman–Crippen MR) is 124 cm³/mol. The van der Waals surface area contributed by atoms with Gasteiger partial charge < -0.3 is 15.2 Å². The van der Waals surface area contributed by atoms with Crippen LogP contribution in [0.15, 0.2) is 41.7 Å². The smallest absolute Gasteiger partial charge is 0.191 e. The minimum absolute atomic E-state index is 0.